The lowest BCUT2D eigenvalue weighted by Gasteiger charge is -2.19. The Hall–Kier alpha value is -0.580. The Morgan fingerprint density at radius 2 is 2.11 bits per heavy atom. The molecule has 1 N–H and O–H groups in total. The molecule has 0 saturated carbocycles. The van der Waals surface area contributed by atoms with Crippen molar-refractivity contribution in [2.75, 3.05) is 27.4 Å². The molecule has 1 atom stereocenters. The molecule has 1 aromatic carbocycles. The minimum absolute atomic E-state index is 0.434. The predicted octanol–water partition coefficient (Wildman–Crippen LogP) is 3.40. The highest BCUT2D eigenvalue weighted by molar-refractivity contribution is 9.10. The lowest BCUT2D eigenvalue weighted by atomic mass is 10.0. The Bertz CT molecular complexity index is 363. The van der Waals surface area contributed by atoms with E-state index in [-0.39, 0.29) is 0 Å². The number of hydrogen-bond acceptors (Lipinski definition) is 3. The van der Waals surface area contributed by atoms with Crippen molar-refractivity contribution >= 4 is 15.9 Å². The molecule has 1 aromatic rings. The van der Waals surface area contributed by atoms with Gasteiger partial charge in [0.25, 0.3) is 0 Å². The van der Waals surface area contributed by atoms with Crippen LogP contribution in [0.5, 0.6) is 5.75 Å². The maximum Gasteiger partial charge on any atom is 0.119 e. The molecule has 0 radical (unpaired) electrons. The zero-order chi connectivity index (χ0) is 14.1. The van der Waals surface area contributed by atoms with E-state index in [0.717, 1.165) is 42.6 Å². The van der Waals surface area contributed by atoms with E-state index < -0.39 is 0 Å². The summed E-state index contributed by atoms with van der Waals surface area (Å²) in [4.78, 5) is 0. The van der Waals surface area contributed by atoms with Crippen LogP contribution in [0.15, 0.2) is 22.7 Å². The van der Waals surface area contributed by atoms with E-state index in [1.165, 1.54) is 5.56 Å². The molecule has 0 aliphatic carbocycles. The molecule has 0 aliphatic rings. The SMILES string of the molecule is CCCNC(CCOC)Cc1cc(OC)ccc1Br. The molecule has 0 aromatic heterocycles. The lowest BCUT2D eigenvalue weighted by molar-refractivity contribution is 0.182. The smallest absolute Gasteiger partial charge is 0.119 e. The van der Waals surface area contributed by atoms with E-state index in [1.54, 1.807) is 14.2 Å². The van der Waals surface area contributed by atoms with Gasteiger partial charge in [0.15, 0.2) is 0 Å². The van der Waals surface area contributed by atoms with Crippen molar-refractivity contribution in [2.45, 2.75) is 32.2 Å². The first-order valence-corrected chi connectivity index (χ1v) is 7.55. The summed E-state index contributed by atoms with van der Waals surface area (Å²) < 4.78 is 11.6. The number of nitrogens with one attached hydrogen (secondary N) is 1. The van der Waals surface area contributed by atoms with Gasteiger partial charge in [-0.15, -0.1) is 0 Å². The van der Waals surface area contributed by atoms with Crippen molar-refractivity contribution < 1.29 is 9.47 Å². The van der Waals surface area contributed by atoms with E-state index in [2.05, 4.69) is 34.2 Å². The number of hydrogen-bond donors (Lipinski definition) is 1. The summed E-state index contributed by atoms with van der Waals surface area (Å²) in [6.45, 7) is 4.00. The van der Waals surface area contributed by atoms with Gasteiger partial charge in [-0.05, 0) is 49.6 Å². The molecule has 0 aliphatic heterocycles. The Morgan fingerprint density at radius 3 is 2.74 bits per heavy atom. The first-order valence-electron chi connectivity index (χ1n) is 6.76. The third kappa shape index (κ3) is 5.93. The second kappa shape index (κ2) is 9.34. The van der Waals surface area contributed by atoms with Crippen molar-refractivity contribution in [3.05, 3.63) is 28.2 Å². The molecule has 0 fully saturated rings. The fourth-order valence-corrected chi connectivity index (χ4v) is 2.39. The third-order valence-corrected chi connectivity index (χ3v) is 3.85. The molecule has 108 valence electrons. The highest BCUT2D eigenvalue weighted by atomic mass is 79.9. The summed E-state index contributed by atoms with van der Waals surface area (Å²) >= 11 is 3.61. The first-order chi connectivity index (χ1) is 9.21. The summed E-state index contributed by atoms with van der Waals surface area (Å²) in [6, 6.07) is 6.54. The fraction of sp³-hybridized carbons (Fsp3) is 0.600. The average Bonchev–Trinajstić information content (AvgIpc) is 2.43. The van der Waals surface area contributed by atoms with Crippen LogP contribution < -0.4 is 10.1 Å². The van der Waals surface area contributed by atoms with Crippen LogP contribution in [0.2, 0.25) is 0 Å². The Kier molecular flexibility index (Phi) is 8.10. The van der Waals surface area contributed by atoms with Gasteiger partial charge in [0.1, 0.15) is 5.75 Å². The van der Waals surface area contributed by atoms with Crippen molar-refractivity contribution in [3.63, 3.8) is 0 Å². The van der Waals surface area contributed by atoms with Gasteiger partial charge in [0, 0.05) is 24.2 Å². The van der Waals surface area contributed by atoms with Crippen LogP contribution in [-0.2, 0) is 11.2 Å². The summed E-state index contributed by atoms with van der Waals surface area (Å²) in [6.07, 6.45) is 3.13. The van der Waals surface area contributed by atoms with Crippen molar-refractivity contribution in [1.82, 2.24) is 5.32 Å². The minimum atomic E-state index is 0.434. The van der Waals surface area contributed by atoms with E-state index in [9.17, 15) is 0 Å². The second-order valence-corrected chi connectivity index (χ2v) is 5.45. The van der Waals surface area contributed by atoms with Gasteiger partial charge in [0.05, 0.1) is 7.11 Å². The Balaban J connectivity index is 2.70. The maximum absolute atomic E-state index is 5.29. The molecule has 0 bridgehead atoms. The Morgan fingerprint density at radius 1 is 1.32 bits per heavy atom. The summed E-state index contributed by atoms with van der Waals surface area (Å²) in [5, 5.41) is 3.58. The summed E-state index contributed by atoms with van der Waals surface area (Å²) in [5.41, 5.74) is 1.27. The third-order valence-electron chi connectivity index (χ3n) is 3.07. The van der Waals surface area contributed by atoms with Gasteiger partial charge in [0.2, 0.25) is 0 Å². The number of rotatable bonds is 9. The maximum atomic E-state index is 5.29. The molecule has 0 amide bonds. The van der Waals surface area contributed by atoms with Crippen LogP contribution in [0.3, 0.4) is 0 Å². The van der Waals surface area contributed by atoms with Gasteiger partial charge in [-0.2, -0.15) is 0 Å². The first kappa shape index (κ1) is 16.5. The number of ether oxygens (including phenoxy) is 2. The monoisotopic (exact) mass is 329 g/mol. The number of methoxy groups -OCH3 is 2. The molecule has 1 rings (SSSR count). The van der Waals surface area contributed by atoms with E-state index in [1.807, 2.05) is 12.1 Å². The van der Waals surface area contributed by atoms with Crippen LogP contribution in [0.25, 0.3) is 0 Å². The standard InChI is InChI=1S/C15H24BrNO2/c1-4-8-17-13(7-9-18-2)10-12-11-14(19-3)5-6-15(12)16/h5-6,11,13,17H,4,7-10H2,1-3H3. The molecular weight excluding hydrogens is 306 g/mol. The van der Waals surface area contributed by atoms with Crippen molar-refractivity contribution in [3.8, 4) is 5.75 Å². The normalized spacial score (nSPS) is 12.4. The molecule has 0 spiro atoms. The number of halogens is 1. The molecule has 0 heterocycles. The molecule has 4 heteroatoms. The Labute approximate surface area is 124 Å². The summed E-state index contributed by atoms with van der Waals surface area (Å²) in [7, 11) is 3.45. The second-order valence-electron chi connectivity index (χ2n) is 4.59. The van der Waals surface area contributed by atoms with Gasteiger partial charge in [-0.25, -0.2) is 0 Å². The van der Waals surface area contributed by atoms with Crippen molar-refractivity contribution in [1.29, 1.82) is 0 Å². The van der Waals surface area contributed by atoms with Crippen LogP contribution >= 0.6 is 15.9 Å². The quantitative estimate of drug-likeness (QED) is 0.753. The van der Waals surface area contributed by atoms with E-state index in [4.69, 9.17) is 9.47 Å². The van der Waals surface area contributed by atoms with Gasteiger partial charge < -0.3 is 14.8 Å². The lowest BCUT2D eigenvalue weighted by Crippen LogP contribution is -2.33. The zero-order valence-electron chi connectivity index (χ0n) is 12.0. The van der Waals surface area contributed by atoms with Gasteiger partial charge >= 0.3 is 0 Å². The van der Waals surface area contributed by atoms with Crippen LogP contribution in [0.1, 0.15) is 25.3 Å². The van der Waals surface area contributed by atoms with E-state index in [0.29, 0.717) is 6.04 Å². The van der Waals surface area contributed by atoms with Crippen LogP contribution in [-0.4, -0.2) is 33.4 Å². The molecule has 3 nitrogen and oxygen atoms in total. The summed E-state index contributed by atoms with van der Waals surface area (Å²) in [5.74, 6) is 0.902. The largest absolute Gasteiger partial charge is 0.497 e. The highest BCUT2D eigenvalue weighted by Crippen LogP contribution is 2.24. The molecule has 1 unspecified atom stereocenters. The van der Waals surface area contributed by atoms with Crippen LogP contribution in [0, 0.1) is 0 Å². The minimum Gasteiger partial charge on any atom is -0.497 e. The van der Waals surface area contributed by atoms with Crippen LogP contribution in [0.4, 0.5) is 0 Å². The van der Waals surface area contributed by atoms with Gasteiger partial charge in [-0.3, -0.25) is 0 Å². The average molecular weight is 330 g/mol. The van der Waals surface area contributed by atoms with Crippen molar-refractivity contribution in [2.24, 2.45) is 0 Å². The zero-order valence-corrected chi connectivity index (χ0v) is 13.6. The molecule has 0 saturated heterocycles. The molecule has 19 heavy (non-hydrogen) atoms. The number of benzene rings is 1. The highest BCUT2D eigenvalue weighted by Gasteiger charge is 2.11. The van der Waals surface area contributed by atoms with Gasteiger partial charge in [-0.1, -0.05) is 22.9 Å². The fourth-order valence-electron chi connectivity index (χ4n) is 1.98. The van der Waals surface area contributed by atoms with E-state index >= 15 is 0 Å². The topological polar surface area (TPSA) is 30.5 Å². The predicted molar refractivity (Wildman–Crippen MR) is 83.0 cm³/mol. The molecular formula is C15H24BrNO2.